The van der Waals surface area contributed by atoms with Crippen molar-refractivity contribution in [1.82, 2.24) is 10.6 Å². The number of allylic oxidation sites excluding steroid dienone is 2. The van der Waals surface area contributed by atoms with Gasteiger partial charge in [-0.05, 0) is 39.3 Å². The minimum atomic E-state index is -0.514. The van der Waals surface area contributed by atoms with Crippen LogP contribution in [-0.4, -0.2) is 36.5 Å². The Labute approximate surface area is 131 Å². The van der Waals surface area contributed by atoms with Crippen molar-refractivity contribution < 1.29 is 14.6 Å². The minimum Gasteiger partial charge on any atom is -0.444 e. The molecule has 6 heteroatoms. The SMILES string of the molecule is C=C(NCCNC(=O)OC(C)(C)C)/C(Cl)=C\C(=C/C)CO. The first-order chi connectivity index (χ1) is 9.69. The van der Waals surface area contributed by atoms with Gasteiger partial charge in [-0.1, -0.05) is 24.3 Å². The first-order valence-electron chi connectivity index (χ1n) is 6.73. The van der Waals surface area contributed by atoms with E-state index in [9.17, 15) is 4.79 Å². The lowest BCUT2D eigenvalue weighted by molar-refractivity contribution is 0.0528. The molecule has 0 aliphatic carbocycles. The number of aliphatic hydroxyl groups excluding tert-OH is 1. The van der Waals surface area contributed by atoms with E-state index in [0.717, 1.165) is 0 Å². The molecule has 0 fully saturated rings. The molecule has 0 bridgehead atoms. The molecule has 0 atom stereocenters. The van der Waals surface area contributed by atoms with Crippen molar-refractivity contribution in [3.63, 3.8) is 0 Å². The molecule has 3 N–H and O–H groups in total. The van der Waals surface area contributed by atoms with Crippen molar-refractivity contribution in [2.45, 2.75) is 33.3 Å². The highest BCUT2D eigenvalue weighted by Crippen LogP contribution is 2.13. The lowest BCUT2D eigenvalue weighted by Crippen LogP contribution is -2.36. The Morgan fingerprint density at radius 2 is 1.90 bits per heavy atom. The van der Waals surface area contributed by atoms with E-state index in [1.807, 2.05) is 6.92 Å². The molecule has 0 heterocycles. The third-order valence-electron chi connectivity index (χ3n) is 2.29. The summed E-state index contributed by atoms with van der Waals surface area (Å²) in [5, 5.41) is 15.1. The van der Waals surface area contributed by atoms with Crippen LogP contribution in [0.15, 0.2) is 35.0 Å². The molecule has 120 valence electrons. The minimum absolute atomic E-state index is 0.0831. The van der Waals surface area contributed by atoms with Crippen LogP contribution in [0, 0.1) is 0 Å². The Kier molecular flexibility index (Phi) is 8.81. The van der Waals surface area contributed by atoms with Crippen LogP contribution in [0.4, 0.5) is 4.79 Å². The Balaban J connectivity index is 4.08. The molecule has 0 saturated heterocycles. The van der Waals surface area contributed by atoms with Gasteiger partial charge in [0.15, 0.2) is 0 Å². The molecule has 0 aromatic carbocycles. The van der Waals surface area contributed by atoms with E-state index in [0.29, 0.717) is 29.4 Å². The van der Waals surface area contributed by atoms with E-state index in [-0.39, 0.29) is 6.61 Å². The predicted molar refractivity (Wildman–Crippen MR) is 86.2 cm³/mol. The zero-order valence-electron chi connectivity index (χ0n) is 13.1. The fourth-order valence-electron chi connectivity index (χ4n) is 1.25. The van der Waals surface area contributed by atoms with Gasteiger partial charge in [0, 0.05) is 18.8 Å². The Morgan fingerprint density at radius 1 is 1.33 bits per heavy atom. The maximum Gasteiger partial charge on any atom is 0.407 e. The van der Waals surface area contributed by atoms with Gasteiger partial charge >= 0.3 is 6.09 Å². The number of hydrogen-bond donors (Lipinski definition) is 3. The van der Waals surface area contributed by atoms with Gasteiger partial charge in [0.25, 0.3) is 0 Å². The second-order valence-electron chi connectivity index (χ2n) is 5.35. The molecule has 5 nitrogen and oxygen atoms in total. The van der Waals surface area contributed by atoms with Crippen LogP contribution < -0.4 is 10.6 Å². The fourth-order valence-corrected chi connectivity index (χ4v) is 1.45. The molecule has 0 aromatic rings. The normalized spacial score (nSPS) is 12.9. The third-order valence-corrected chi connectivity index (χ3v) is 2.62. The zero-order chi connectivity index (χ0) is 16.5. The Morgan fingerprint density at radius 3 is 2.38 bits per heavy atom. The van der Waals surface area contributed by atoms with Gasteiger partial charge in [-0.15, -0.1) is 0 Å². The number of aliphatic hydroxyl groups is 1. The molecule has 0 rings (SSSR count). The molecule has 0 saturated carbocycles. The lowest BCUT2D eigenvalue weighted by atomic mass is 10.2. The summed E-state index contributed by atoms with van der Waals surface area (Å²) in [4.78, 5) is 11.4. The van der Waals surface area contributed by atoms with Crippen molar-refractivity contribution in [3.05, 3.63) is 35.0 Å². The number of halogens is 1. The number of amides is 1. The topological polar surface area (TPSA) is 70.6 Å². The van der Waals surface area contributed by atoms with Gasteiger partial charge in [-0.3, -0.25) is 0 Å². The number of carbonyl (C=O) groups is 1. The highest BCUT2D eigenvalue weighted by Gasteiger charge is 2.15. The summed E-state index contributed by atoms with van der Waals surface area (Å²) in [7, 11) is 0. The Hall–Kier alpha value is -1.46. The molecule has 0 radical (unpaired) electrons. The van der Waals surface area contributed by atoms with E-state index in [1.54, 1.807) is 32.9 Å². The smallest absolute Gasteiger partial charge is 0.407 e. The summed E-state index contributed by atoms with van der Waals surface area (Å²) >= 11 is 6.05. The number of carbonyl (C=O) groups excluding carboxylic acids is 1. The zero-order valence-corrected chi connectivity index (χ0v) is 13.9. The van der Waals surface area contributed by atoms with Gasteiger partial charge in [0.1, 0.15) is 5.60 Å². The highest BCUT2D eigenvalue weighted by molar-refractivity contribution is 6.32. The van der Waals surface area contributed by atoms with Crippen LogP contribution in [0.3, 0.4) is 0 Å². The van der Waals surface area contributed by atoms with Crippen LogP contribution >= 0.6 is 11.6 Å². The molecule has 0 unspecified atom stereocenters. The average Bonchev–Trinajstić information content (AvgIpc) is 2.38. The number of alkyl carbamates (subject to hydrolysis) is 1. The van der Waals surface area contributed by atoms with E-state index in [4.69, 9.17) is 21.4 Å². The second kappa shape index (κ2) is 9.47. The number of hydrogen-bond acceptors (Lipinski definition) is 4. The molecule has 0 aromatic heterocycles. The molecule has 21 heavy (non-hydrogen) atoms. The van der Waals surface area contributed by atoms with Crippen LogP contribution in [-0.2, 0) is 4.74 Å². The van der Waals surface area contributed by atoms with Gasteiger partial charge in [0.05, 0.1) is 11.6 Å². The molecule has 0 spiro atoms. The summed E-state index contributed by atoms with van der Waals surface area (Å²) in [6.07, 6.45) is 2.94. The van der Waals surface area contributed by atoms with Gasteiger partial charge < -0.3 is 20.5 Å². The lowest BCUT2D eigenvalue weighted by Gasteiger charge is -2.19. The summed E-state index contributed by atoms with van der Waals surface area (Å²) in [6, 6.07) is 0. The van der Waals surface area contributed by atoms with E-state index in [1.165, 1.54) is 0 Å². The average molecular weight is 317 g/mol. The van der Waals surface area contributed by atoms with Crippen molar-refractivity contribution in [3.8, 4) is 0 Å². The summed E-state index contributed by atoms with van der Waals surface area (Å²) in [5.41, 5.74) is 0.714. The van der Waals surface area contributed by atoms with E-state index >= 15 is 0 Å². The van der Waals surface area contributed by atoms with Gasteiger partial charge in [-0.2, -0.15) is 0 Å². The van der Waals surface area contributed by atoms with Crippen LogP contribution in [0.1, 0.15) is 27.7 Å². The second-order valence-corrected chi connectivity index (χ2v) is 5.76. The summed E-state index contributed by atoms with van der Waals surface area (Å²) in [5.74, 6) is 0. The third kappa shape index (κ3) is 9.98. The molecular formula is C15H25ClN2O3. The summed E-state index contributed by atoms with van der Waals surface area (Å²) in [6.45, 7) is 11.8. The van der Waals surface area contributed by atoms with Gasteiger partial charge in [-0.25, -0.2) is 4.79 Å². The number of ether oxygens (including phenoxy) is 1. The maximum atomic E-state index is 11.4. The fraction of sp³-hybridized carbons (Fsp3) is 0.533. The highest BCUT2D eigenvalue weighted by atomic mass is 35.5. The predicted octanol–water partition coefficient (Wildman–Crippen LogP) is 2.68. The first kappa shape index (κ1) is 19.5. The molecule has 0 aliphatic rings. The van der Waals surface area contributed by atoms with E-state index < -0.39 is 11.7 Å². The van der Waals surface area contributed by atoms with Crippen molar-refractivity contribution >= 4 is 17.7 Å². The van der Waals surface area contributed by atoms with E-state index in [2.05, 4.69) is 17.2 Å². The Bertz CT molecular complexity index is 423. The van der Waals surface area contributed by atoms with Gasteiger partial charge in [0.2, 0.25) is 0 Å². The number of rotatable bonds is 7. The van der Waals surface area contributed by atoms with Crippen LogP contribution in [0.2, 0.25) is 0 Å². The standard InChI is InChI=1S/C15H25ClN2O3/c1-6-12(10-19)9-13(16)11(2)17-7-8-18-14(20)21-15(3,4)5/h6,9,17,19H,2,7-8,10H2,1,3-5H3,(H,18,20)/b12-6+,13-9+. The molecular weight excluding hydrogens is 292 g/mol. The number of nitrogens with one attached hydrogen (secondary N) is 2. The summed E-state index contributed by atoms with van der Waals surface area (Å²) < 4.78 is 5.10. The van der Waals surface area contributed by atoms with Crippen LogP contribution in [0.5, 0.6) is 0 Å². The van der Waals surface area contributed by atoms with Crippen LogP contribution in [0.25, 0.3) is 0 Å². The van der Waals surface area contributed by atoms with Crippen molar-refractivity contribution in [2.24, 2.45) is 0 Å². The molecule has 0 aliphatic heterocycles. The first-order valence-corrected chi connectivity index (χ1v) is 7.10. The quantitative estimate of drug-likeness (QED) is 0.499. The molecule has 1 amide bonds. The largest absolute Gasteiger partial charge is 0.444 e. The maximum absolute atomic E-state index is 11.4. The van der Waals surface area contributed by atoms with Crippen molar-refractivity contribution in [2.75, 3.05) is 19.7 Å². The van der Waals surface area contributed by atoms with Crippen molar-refractivity contribution in [1.29, 1.82) is 0 Å². The monoisotopic (exact) mass is 316 g/mol.